The highest BCUT2D eigenvalue weighted by Crippen LogP contribution is 2.14. The minimum Gasteiger partial charge on any atom is -0.392 e. The van der Waals surface area contributed by atoms with Crippen molar-refractivity contribution in [3.05, 3.63) is 34.4 Å². The normalized spacial score (nSPS) is 10.7. The maximum Gasteiger partial charge on any atom is 0.332 e. The van der Waals surface area contributed by atoms with E-state index in [9.17, 15) is 4.79 Å². The highest BCUT2D eigenvalue weighted by Gasteiger charge is 2.02. The molecule has 0 saturated heterocycles. The summed E-state index contributed by atoms with van der Waals surface area (Å²) in [6.07, 6.45) is 1.50. The van der Waals surface area contributed by atoms with Crippen molar-refractivity contribution in [1.82, 2.24) is 5.43 Å². The van der Waals surface area contributed by atoms with E-state index >= 15 is 0 Å². The molecule has 0 bridgehead atoms. The van der Waals surface area contributed by atoms with Crippen molar-refractivity contribution in [1.29, 1.82) is 0 Å². The van der Waals surface area contributed by atoms with Crippen LogP contribution in [0, 0.1) is 13.8 Å². The van der Waals surface area contributed by atoms with Crippen molar-refractivity contribution < 1.29 is 9.90 Å². The van der Waals surface area contributed by atoms with Crippen molar-refractivity contribution >= 4 is 12.2 Å². The molecule has 16 heavy (non-hydrogen) atoms. The van der Waals surface area contributed by atoms with Gasteiger partial charge in [0.1, 0.15) is 0 Å². The maximum absolute atomic E-state index is 10.4. The van der Waals surface area contributed by atoms with E-state index < -0.39 is 6.03 Å². The first kappa shape index (κ1) is 12.2. The molecular formula is C11H15N3O2. The van der Waals surface area contributed by atoms with Gasteiger partial charge in [0.2, 0.25) is 0 Å². The van der Waals surface area contributed by atoms with Gasteiger partial charge in [-0.25, -0.2) is 10.2 Å². The molecule has 86 valence electrons. The van der Waals surface area contributed by atoms with E-state index in [1.807, 2.05) is 26.0 Å². The number of hydrogen-bond acceptors (Lipinski definition) is 3. The summed E-state index contributed by atoms with van der Waals surface area (Å²) in [4.78, 5) is 10.4. The summed E-state index contributed by atoms with van der Waals surface area (Å²) in [5, 5.41) is 12.8. The molecular weight excluding hydrogens is 206 g/mol. The lowest BCUT2D eigenvalue weighted by atomic mass is 10.0. The molecule has 0 heterocycles. The fourth-order valence-electron chi connectivity index (χ4n) is 1.39. The summed E-state index contributed by atoms with van der Waals surface area (Å²) in [5.41, 5.74) is 10.7. The Morgan fingerprint density at radius 3 is 2.75 bits per heavy atom. The Labute approximate surface area is 94.0 Å². The van der Waals surface area contributed by atoms with Crippen molar-refractivity contribution in [2.45, 2.75) is 20.5 Å². The van der Waals surface area contributed by atoms with Gasteiger partial charge >= 0.3 is 6.03 Å². The fraction of sp³-hybridized carbons (Fsp3) is 0.273. The number of nitrogens with one attached hydrogen (secondary N) is 1. The van der Waals surface area contributed by atoms with Gasteiger partial charge in [0.15, 0.2) is 0 Å². The van der Waals surface area contributed by atoms with Crippen LogP contribution in [0.3, 0.4) is 0 Å². The van der Waals surface area contributed by atoms with E-state index in [2.05, 4.69) is 10.5 Å². The molecule has 0 fully saturated rings. The molecule has 1 rings (SSSR count). The SMILES string of the molecule is Cc1cc(C)c(CO)cc1C=NNC(N)=O. The minimum absolute atomic E-state index is 0.0177. The third-order valence-corrected chi connectivity index (χ3v) is 2.27. The van der Waals surface area contributed by atoms with Gasteiger partial charge in [0.05, 0.1) is 12.8 Å². The zero-order valence-electron chi connectivity index (χ0n) is 9.32. The van der Waals surface area contributed by atoms with Crippen LogP contribution in [-0.4, -0.2) is 17.4 Å². The van der Waals surface area contributed by atoms with Crippen LogP contribution in [0.4, 0.5) is 4.79 Å². The van der Waals surface area contributed by atoms with Crippen LogP contribution < -0.4 is 11.2 Å². The first-order valence-corrected chi connectivity index (χ1v) is 4.84. The number of amides is 2. The number of aryl methyl sites for hydroxylation is 2. The van der Waals surface area contributed by atoms with Gasteiger partial charge in [-0.1, -0.05) is 6.07 Å². The van der Waals surface area contributed by atoms with Crippen molar-refractivity contribution in [2.24, 2.45) is 10.8 Å². The number of rotatable bonds is 3. The zero-order chi connectivity index (χ0) is 12.1. The van der Waals surface area contributed by atoms with E-state index in [-0.39, 0.29) is 6.61 Å². The molecule has 0 unspecified atom stereocenters. The van der Waals surface area contributed by atoms with E-state index in [0.717, 1.165) is 22.3 Å². The molecule has 0 radical (unpaired) electrons. The number of nitrogens with zero attached hydrogens (tertiary/aromatic N) is 1. The first-order chi connectivity index (χ1) is 7.54. The summed E-state index contributed by atoms with van der Waals surface area (Å²) in [5.74, 6) is 0. The predicted octanol–water partition coefficient (Wildman–Crippen LogP) is 0.798. The van der Waals surface area contributed by atoms with Gasteiger partial charge in [-0.3, -0.25) is 0 Å². The van der Waals surface area contributed by atoms with Crippen LogP contribution >= 0.6 is 0 Å². The second-order valence-corrected chi connectivity index (χ2v) is 3.53. The lowest BCUT2D eigenvalue weighted by molar-refractivity contribution is 0.249. The Bertz CT molecular complexity index is 427. The van der Waals surface area contributed by atoms with E-state index in [4.69, 9.17) is 10.8 Å². The summed E-state index contributed by atoms with van der Waals surface area (Å²) in [6.45, 7) is 3.84. The number of aliphatic hydroxyl groups excluding tert-OH is 1. The summed E-state index contributed by atoms with van der Waals surface area (Å²) in [7, 11) is 0. The Hall–Kier alpha value is -1.88. The number of carbonyl (C=O) groups is 1. The zero-order valence-corrected chi connectivity index (χ0v) is 9.32. The second kappa shape index (κ2) is 5.27. The quantitative estimate of drug-likeness (QED) is 0.520. The largest absolute Gasteiger partial charge is 0.392 e. The Kier molecular flexibility index (Phi) is 4.02. The lowest BCUT2D eigenvalue weighted by Crippen LogP contribution is -2.24. The fourth-order valence-corrected chi connectivity index (χ4v) is 1.39. The molecule has 4 N–H and O–H groups in total. The van der Waals surface area contributed by atoms with Crippen LogP contribution in [0.15, 0.2) is 17.2 Å². The van der Waals surface area contributed by atoms with Gasteiger partial charge in [-0.2, -0.15) is 5.10 Å². The Balaban J connectivity index is 2.95. The third kappa shape index (κ3) is 3.06. The minimum atomic E-state index is -0.705. The van der Waals surface area contributed by atoms with Gasteiger partial charge in [-0.15, -0.1) is 0 Å². The van der Waals surface area contributed by atoms with Crippen LogP contribution in [0.2, 0.25) is 0 Å². The van der Waals surface area contributed by atoms with Gasteiger partial charge < -0.3 is 10.8 Å². The van der Waals surface area contributed by atoms with E-state index in [1.54, 1.807) is 0 Å². The highest BCUT2D eigenvalue weighted by molar-refractivity contribution is 5.83. The molecule has 0 spiro atoms. The number of nitrogens with two attached hydrogens (primary N) is 1. The second-order valence-electron chi connectivity index (χ2n) is 3.53. The predicted molar refractivity (Wildman–Crippen MR) is 62.2 cm³/mol. The average Bonchev–Trinajstić information content (AvgIpc) is 2.20. The number of urea groups is 1. The molecule has 1 aromatic rings. The molecule has 0 aliphatic carbocycles. The molecule has 0 atom stereocenters. The lowest BCUT2D eigenvalue weighted by Gasteiger charge is -2.07. The van der Waals surface area contributed by atoms with Crippen molar-refractivity contribution in [3.63, 3.8) is 0 Å². The third-order valence-electron chi connectivity index (χ3n) is 2.27. The van der Waals surface area contributed by atoms with Crippen LogP contribution in [0.25, 0.3) is 0 Å². The van der Waals surface area contributed by atoms with Crippen molar-refractivity contribution in [3.8, 4) is 0 Å². The summed E-state index contributed by atoms with van der Waals surface area (Å²) < 4.78 is 0. The number of hydrazone groups is 1. The molecule has 2 amide bonds. The van der Waals surface area contributed by atoms with Gasteiger partial charge in [-0.05, 0) is 42.2 Å². The molecule has 5 nitrogen and oxygen atoms in total. The number of carbonyl (C=O) groups excluding carboxylic acids is 1. The maximum atomic E-state index is 10.4. The van der Waals surface area contributed by atoms with E-state index in [1.165, 1.54) is 6.21 Å². The van der Waals surface area contributed by atoms with Gasteiger partial charge in [0, 0.05) is 0 Å². The molecule has 0 aromatic heterocycles. The number of primary amides is 1. The standard InChI is InChI=1S/C11H15N3O2/c1-7-3-8(2)10(6-15)4-9(7)5-13-14-11(12)16/h3-5,15H,6H2,1-2H3,(H3,12,14,16). The van der Waals surface area contributed by atoms with Crippen LogP contribution in [-0.2, 0) is 6.61 Å². The van der Waals surface area contributed by atoms with Crippen LogP contribution in [0.5, 0.6) is 0 Å². The number of hydrogen-bond donors (Lipinski definition) is 3. The van der Waals surface area contributed by atoms with Gasteiger partial charge in [0.25, 0.3) is 0 Å². The van der Waals surface area contributed by atoms with Crippen LogP contribution in [0.1, 0.15) is 22.3 Å². The summed E-state index contributed by atoms with van der Waals surface area (Å²) >= 11 is 0. The van der Waals surface area contributed by atoms with Crippen molar-refractivity contribution in [2.75, 3.05) is 0 Å². The number of benzene rings is 1. The topological polar surface area (TPSA) is 87.7 Å². The highest BCUT2D eigenvalue weighted by atomic mass is 16.3. The summed E-state index contributed by atoms with van der Waals surface area (Å²) in [6, 6.07) is 3.08. The Morgan fingerprint density at radius 1 is 1.50 bits per heavy atom. The monoisotopic (exact) mass is 221 g/mol. The first-order valence-electron chi connectivity index (χ1n) is 4.84. The number of aliphatic hydroxyl groups is 1. The molecule has 0 aliphatic rings. The molecule has 0 saturated carbocycles. The Morgan fingerprint density at radius 2 is 2.19 bits per heavy atom. The average molecular weight is 221 g/mol. The molecule has 1 aromatic carbocycles. The smallest absolute Gasteiger partial charge is 0.332 e. The molecule has 0 aliphatic heterocycles. The molecule has 5 heteroatoms. The van der Waals surface area contributed by atoms with E-state index in [0.29, 0.717) is 0 Å².